The van der Waals surface area contributed by atoms with E-state index in [0.717, 1.165) is 0 Å². The Morgan fingerprint density at radius 3 is 2.75 bits per heavy atom. The SMILES string of the molecule is N#Cc1c[nH]c(-c2nc(-c3ccc(O)c(O)c3)no2)c1. The second-order valence-electron chi connectivity index (χ2n) is 4.04. The van der Waals surface area contributed by atoms with Crippen LogP contribution in [-0.4, -0.2) is 25.3 Å². The Balaban J connectivity index is 1.97. The van der Waals surface area contributed by atoms with Gasteiger partial charge in [-0.05, 0) is 24.3 Å². The van der Waals surface area contributed by atoms with E-state index in [-0.39, 0.29) is 23.2 Å². The van der Waals surface area contributed by atoms with Gasteiger partial charge >= 0.3 is 0 Å². The normalized spacial score (nSPS) is 10.3. The van der Waals surface area contributed by atoms with Gasteiger partial charge in [0.2, 0.25) is 5.82 Å². The van der Waals surface area contributed by atoms with Gasteiger partial charge in [-0.15, -0.1) is 0 Å². The van der Waals surface area contributed by atoms with E-state index >= 15 is 0 Å². The molecule has 1 aromatic carbocycles. The van der Waals surface area contributed by atoms with E-state index in [2.05, 4.69) is 15.1 Å². The molecule has 0 radical (unpaired) electrons. The zero-order valence-corrected chi connectivity index (χ0v) is 10.0. The molecule has 0 amide bonds. The second kappa shape index (κ2) is 4.44. The van der Waals surface area contributed by atoms with Crippen molar-refractivity contribution in [3.8, 4) is 40.5 Å². The highest BCUT2D eigenvalue weighted by molar-refractivity contribution is 5.62. The molecule has 3 rings (SSSR count). The lowest BCUT2D eigenvalue weighted by atomic mass is 10.2. The second-order valence-corrected chi connectivity index (χ2v) is 4.04. The van der Waals surface area contributed by atoms with Crippen molar-refractivity contribution in [2.45, 2.75) is 0 Å². The van der Waals surface area contributed by atoms with Gasteiger partial charge < -0.3 is 19.7 Å². The Hall–Kier alpha value is -3.27. The summed E-state index contributed by atoms with van der Waals surface area (Å²) < 4.78 is 5.09. The van der Waals surface area contributed by atoms with Gasteiger partial charge in [-0.25, -0.2) is 0 Å². The number of nitriles is 1. The van der Waals surface area contributed by atoms with E-state index in [0.29, 0.717) is 16.8 Å². The lowest BCUT2D eigenvalue weighted by Gasteiger charge is -1.98. The number of aromatic hydroxyl groups is 2. The summed E-state index contributed by atoms with van der Waals surface area (Å²) in [6, 6.07) is 7.80. The summed E-state index contributed by atoms with van der Waals surface area (Å²) in [5, 5.41) is 31.2. The Bertz CT molecular complexity index is 813. The van der Waals surface area contributed by atoms with Crippen molar-refractivity contribution in [1.82, 2.24) is 15.1 Å². The highest BCUT2D eigenvalue weighted by atomic mass is 16.5. The van der Waals surface area contributed by atoms with Gasteiger partial charge in [0, 0.05) is 11.8 Å². The molecule has 0 bridgehead atoms. The third-order valence-corrected chi connectivity index (χ3v) is 2.70. The molecule has 2 aromatic heterocycles. The zero-order valence-electron chi connectivity index (χ0n) is 10.0. The maximum absolute atomic E-state index is 9.44. The van der Waals surface area contributed by atoms with Crippen molar-refractivity contribution in [2.75, 3.05) is 0 Å². The topological polar surface area (TPSA) is 119 Å². The number of aromatic amines is 1. The van der Waals surface area contributed by atoms with Gasteiger partial charge in [-0.3, -0.25) is 0 Å². The fourth-order valence-corrected chi connectivity index (χ4v) is 1.70. The Kier molecular flexibility index (Phi) is 2.62. The van der Waals surface area contributed by atoms with Crippen LogP contribution in [0, 0.1) is 11.3 Å². The number of nitrogens with one attached hydrogen (secondary N) is 1. The maximum atomic E-state index is 9.44. The van der Waals surface area contributed by atoms with Crippen molar-refractivity contribution in [3.05, 3.63) is 36.0 Å². The lowest BCUT2D eigenvalue weighted by Crippen LogP contribution is -1.81. The van der Waals surface area contributed by atoms with Gasteiger partial charge in [0.25, 0.3) is 5.89 Å². The van der Waals surface area contributed by atoms with Crippen LogP contribution in [0.25, 0.3) is 23.0 Å². The van der Waals surface area contributed by atoms with Crippen LogP contribution in [0.4, 0.5) is 0 Å². The van der Waals surface area contributed by atoms with Crippen molar-refractivity contribution in [2.24, 2.45) is 0 Å². The van der Waals surface area contributed by atoms with Crippen LogP contribution < -0.4 is 0 Å². The summed E-state index contributed by atoms with van der Waals surface area (Å²) >= 11 is 0. The fraction of sp³-hybridized carbons (Fsp3) is 0. The number of phenolic OH excluding ortho intramolecular Hbond substituents is 2. The molecule has 0 aliphatic carbocycles. The molecule has 7 heteroatoms. The van der Waals surface area contributed by atoms with Crippen LogP contribution in [0.2, 0.25) is 0 Å². The predicted molar refractivity (Wildman–Crippen MR) is 67.6 cm³/mol. The highest BCUT2D eigenvalue weighted by Crippen LogP contribution is 2.30. The molecule has 0 aliphatic heterocycles. The number of benzene rings is 1. The van der Waals surface area contributed by atoms with Crippen molar-refractivity contribution >= 4 is 0 Å². The van der Waals surface area contributed by atoms with Crippen molar-refractivity contribution < 1.29 is 14.7 Å². The van der Waals surface area contributed by atoms with Gasteiger partial charge in [-0.2, -0.15) is 10.2 Å². The largest absolute Gasteiger partial charge is 0.504 e. The highest BCUT2D eigenvalue weighted by Gasteiger charge is 2.13. The molecule has 3 aromatic rings. The van der Waals surface area contributed by atoms with Gasteiger partial charge in [0.1, 0.15) is 11.8 Å². The van der Waals surface area contributed by atoms with Crippen LogP contribution in [0.3, 0.4) is 0 Å². The molecule has 0 saturated heterocycles. The first-order valence-corrected chi connectivity index (χ1v) is 5.62. The summed E-state index contributed by atoms with van der Waals surface area (Å²) in [5.41, 5.74) is 1.49. The Morgan fingerprint density at radius 1 is 1.20 bits per heavy atom. The lowest BCUT2D eigenvalue weighted by molar-refractivity contribution is 0.404. The first-order valence-electron chi connectivity index (χ1n) is 5.62. The van der Waals surface area contributed by atoms with Crippen molar-refractivity contribution in [3.63, 3.8) is 0 Å². The maximum Gasteiger partial charge on any atom is 0.274 e. The number of hydrogen-bond donors (Lipinski definition) is 3. The minimum Gasteiger partial charge on any atom is -0.504 e. The van der Waals surface area contributed by atoms with E-state index in [1.54, 1.807) is 12.1 Å². The first-order chi connectivity index (χ1) is 9.67. The van der Waals surface area contributed by atoms with E-state index in [1.807, 2.05) is 6.07 Å². The molecule has 0 fully saturated rings. The first kappa shape index (κ1) is 11.8. The summed E-state index contributed by atoms with van der Waals surface area (Å²) in [6.07, 6.45) is 1.53. The molecular weight excluding hydrogens is 260 g/mol. The van der Waals surface area contributed by atoms with E-state index < -0.39 is 0 Å². The number of H-pyrrole nitrogens is 1. The standard InChI is InChI=1S/C13H8N4O3/c14-5-7-3-9(15-6-7)13-16-12(17-20-13)8-1-2-10(18)11(19)4-8/h1-4,6,15,18-19H. The van der Waals surface area contributed by atoms with Crippen LogP contribution in [0.5, 0.6) is 11.5 Å². The Labute approximate surface area is 112 Å². The van der Waals surface area contributed by atoms with Gasteiger partial charge in [-0.1, -0.05) is 5.16 Å². The fourth-order valence-electron chi connectivity index (χ4n) is 1.70. The number of hydrogen-bond acceptors (Lipinski definition) is 6. The van der Waals surface area contributed by atoms with Crippen LogP contribution >= 0.6 is 0 Å². The molecule has 0 spiro atoms. The molecule has 3 N–H and O–H groups in total. The quantitative estimate of drug-likeness (QED) is 0.611. The average molecular weight is 268 g/mol. The number of phenols is 2. The molecule has 98 valence electrons. The molecule has 20 heavy (non-hydrogen) atoms. The van der Waals surface area contributed by atoms with Gasteiger partial charge in [0.15, 0.2) is 11.5 Å². The molecule has 0 aliphatic rings. The minimum atomic E-state index is -0.263. The molecule has 0 unspecified atom stereocenters. The van der Waals surface area contributed by atoms with Crippen LogP contribution in [0.1, 0.15) is 5.56 Å². The molecule has 0 saturated carbocycles. The average Bonchev–Trinajstić information content (AvgIpc) is 3.09. The van der Waals surface area contributed by atoms with Crippen LogP contribution in [0.15, 0.2) is 35.0 Å². The molecule has 7 nitrogen and oxygen atoms in total. The number of nitrogens with zero attached hydrogens (tertiary/aromatic N) is 3. The summed E-state index contributed by atoms with van der Waals surface area (Å²) in [7, 11) is 0. The van der Waals surface area contributed by atoms with E-state index in [4.69, 9.17) is 9.78 Å². The molecular formula is C13H8N4O3. The Morgan fingerprint density at radius 2 is 2.05 bits per heavy atom. The number of rotatable bonds is 2. The third kappa shape index (κ3) is 1.95. The number of aromatic nitrogens is 3. The third-order valence-electron chi connectivity index (χ3n) is 2.70. The predicted octanol–water partition coefficient (Wildman–Crippen LogP) is 2.01. The van der Waals surface area contributed by atoms with E-state index in [1.165, 1.54) is 18.3 Å². The summed E-state index contributed by atoms with van der Waals surface area (Å²) in [4.78, 5) is 7.01. The minimum absolute atomic E-state index is 0.222. The van der Waals surface area contributed by atoms with E-state index in [9.17, 15) is 10.2 Å². The van der Waals surface area contributed by atoms with Crippen molar-refractivity contribution in [1.29, 1.82) is 5.26 Å². The molecule has 0 atom stereocenters. The van der Waals surface area contributed by atoms with Gasteiger partial charge in [0.05, 0.1) is 5.56 Å². The molecule has 2 heterocycles. The summed E-state index contributed by atoms with van der Waals surface area (Å²) in [5.74, 6) is 0.0125. The zero-order chi connectivity index (χ0) is 14.1. The van der Waals surface area contributed by atoms with Crippen LogP contribution in [-0.2, 0) is 0 Å². The monoisotopic (exact) mass is 268 g/mol. The summed E-state index contributed by atoms with van der Waals surface area (Å²) in [6.45, 7) is 0. The smallest absolute Gasteiger partial charge is 0.274 e.